The highest BCUT2D eigenvalue weighted by Gasteiger charge is 2.40. The zero-order valence-electron chi connectivity index (χ0n) is 13.1. The fraction of sp³-hybridized carbons (Fsp3) is 0.800. The van der Waals surface area contributed by atoms with Crippen molar-refractivity contribution in [2.24, 2.45) is 17.8 Å². The van der Waals surface area contributed by atoms with Crippen molar-refractivity contribution in [1.82, 2.24) is 10.2 Å². The third-order valence-corrected chi connectivity index (χ3v) is 4.21. The van der Waals surface area contributed by atoms with Crippen molar-refractivity contribution < 1.29 is 19.5 Å². The van der Waals surface area contributed by atoms with E-state index in [-0.39, 0.29) is 30.7 Å². The molecule has 0 heterocycles. The molecule has 21 heavy (non-hydrogen) atoms. The van der Waals surface area contributed by atoms with Gasteiger partial charge in [0.25, 0.3) is 0 Å². The molecular weight excluding hydrogens is 272 g/mol. The van der Waals surface area contributed by atoms with Crippen LogP contribution >= 0.6 is 0 Å². The maximum atomic E-state index is 12.1. The third kappa shape index (κ3) is 4.72. The Morgan fingerprint density at radius 3 is 2.24 bits per heavy atom. The van der Waals surface area contributed by atoms with Gasteiger partial charge in [0, 0.05) is 26.1 Å². The Kier molecular flexibility index (Phi) is 6.65. The predicted molar refractivity (Wildman–Crippen MR) is 78.6 cm³/mol. The molecule has 0 radical (unpaired) electrons. The van der Waals surface area contributed by atoms with Crippen molar-refractivity contribution in [1.29, 1.82) is 0 Å². The predicted octanol–water partition coefficient (Wildman–Crippen LogP) is 1.11. The topological polar surface area (TPSA) is 86.7 Å². The van der Waals surface area contributed by atoms with Crippen molar-refractivity contribution in [3.8, 4) is 0 Å². The SMILES string of the molecule is CCN(CC)C(=O)CCNC(=O)[C@H]1CC(C)C[C@H]1C(=O)O. The van der Waals surface area contributed by atoms with Crippen LogP contribution in [0.4, 0.5) is 0 Å². The molecule has 0 spiro atoms. The van der Waals surface area contributed by atoms with E-state index in [1.807, 2.05) is 20.8 Å². The fourth-order valence-electron chi connectivity index (χ4n) is 3.01. The van der Waals surface area contributed by atoms with Gasteiger partial charge in [-0.05, 0) is 32.6 Å². The van der Waals surface area contributed by atoms with E-state index in [1.54, 1.807) is 4.90 Å². The highest BCUT2D eigenvalue weighted by atomic mass is 16.4. The van der Waals surface area contributed by atoms with Crippen LogP contribution in [-0.2, 0) is 14.4 Å². The van der Waals surface area contributed by atoms with Gasteiger partial charge in [0.1, 0.15) is 0 Å². The summed E-state index contributed by atoms with van der Waals surface area (Å²) in [4.78, 5) is 36.8. The molecule has 6 heteroatoms. The normalized spacial score (nSPS) is 24.6. The van der Waals surface area contributed by atoms with Crippen LogP contribution in [0.1, 0.15) is 40.0 Å². The van der Waals surface area contributed by atoms with Gasteiger partial charge in [-0.25, -0.2) is 0 Å². The lowest BCUT2D eigenvalue weighted by Gasteiger charge is -2.19. The first-order valence-corrected chi connectivity index (χ1v) is 7.68. The van der Waals surface area contributed by atoms with Gasteiger partial charge in [0.2, 0.25) is 11.8 Å². The third-order valence-electron chi connectivity index (χ3n) is 4.21. The van der Waals surface area contributed by atoms with E-state index in [2.05, 4.69) is 5.32 Å². The largest absolute Gasteiger partial charge is 0.481 e. The van der Waals surface area contributed by atoms with Crippen LogP contribution in [0.25, 0.3) is 0 Å². The lowest BCUT2D eigenvalue weighted by Crippen LogP contribution is -2.38. The van der Waals surface area contributed by atoms with Gasteiger partial charge in [-0.3, -0.25) is 14.4 Å². The molecule has 0 bridgehead atoms. The molecule has 3 atom stereocenters. The number of amides is 2. The molecule has 0 aromatic rings. The Bertz CT molecular complexity index is 393. The molecule has 120 valence electrons. The van der Waals surface area contributed by atoms with Crippen molar-refractivity contribution in [2.45, 2.75) is 40.0 Å². The minimum atomic E-state index is -0.904. The molecule has 2 N–H and O–H groups in total. The lowest BCUT2D eigenvalue weighted by atomic mass is 9.95. The number of hydrogen-bond donors (Lipinski definition) is 2. The molecule has 1 rings (SSSR count). The molecule has 6 nitrogen and oxygen atoms in total. The first-order chi connectivity index (χ1) is 9.90. The Balaban J connectivity index is 2.43. The van der Waals surface area contributed by atoms with Crippen molar-refractivity contribution >= 4 is 17.8 Å². The summed E-state index contributed by atoms with van der Waals surface area (Å²) < 4.78 is 0. The second-order valence-corrected chi connectivity index (χ2v) is 5.73. The van der Waals surface area contributed by atoms with Gasteiger partial charge in [-0.15, -0.1) is 0 Å². The summed E-state index contributed by atoms with van der Waals surface area (Å²) in [5, 5.41) is 11.9. The summed E-state index contributed by atoms with van der Waals surface area (Å²) in [6.45, 7) is 7.38. The lowest BCUT2D eigenvalue weighted by molar-refractivity contribution is -0.146. The number of hydrogen-bond acceptors (Lipinski definition) is 3. The van der Waals surface area contributed by atoms with E-state index >= 15 is 0 Å². The molecule has 0 saturated heterocycles. The van der Waals surface area contributed by atoms with Crippen molar-refractivity contribution in [3.63, 3.8) is 0 Å². The zero-order chi connectivity index (χ0) is 16.0. The van der Waals surface area contributed by atoms with E-state index in [9.17, 15) is 14.4 Å². The Morgan fingerprint density at radius 2 is 1.71 bits per heavy atom. The first kappa shape index (κ1) is 17.5. The molecule has 1 unspecified atom stereocenters. The van der Waals surface area contributed by atoms with Gasteiger partial charge in [-0.2, -0.15) is 0 Å². The Hall–Kier alpha value is -1.59. The number of nitrogens with zero attached hydrogens (tertiary/aromatic N) is 1. The van der Waals surface area contributed by atoms with Crippen molar-refractivity contribution in [3.05, 3.63) is 0 Å². The molecule has 1 aliphatic carbocycles. The maximum Gasteiger partial charge on any atom is 0.307 e. The summed E-state index contributed by atoms with van der Waals surface area (Å²) in [7, 11) is 0. The van der Waals surface area contributed by atoms with E-state index in [0.717, 1.165) is 0 Å². The average Bonchev–Trinajstić information content (AvgIpc) is 2.82. The van der Waals surface area contributed by atoms with Gasteiger partial charge in [0.05, 0.1) is 11.8 Å². The number of carbonyl (C=O) groups is 3. The number of nitrogens with one attached hydrogen (secondary N) is 1. The van der Waals surface area contributed by atoms with Gasteiger partial charge in [-0.1, -0.05) is 6.92 Å². The molecule has 0 aromatic heterocycles. The van der Waals surface area contributed by atoms with Gasteiger partial charge >= 0.3 is 5.97 Å². The van der Waals surface area contributed by atoms with E-state index < -0.39 is 17.8 Å². The standard InChI is InChI=1S/C15H26N2O4/c1-4-17(5-2)13(18)6-7-16-14(19)11-8-10(3)9-12(11)15(20)21/h10-12H,4-9H2,1-3H3,(H,16,19)(H,20,21)/t10?,11-,12+/m0/s1. The number of rotatable bonds is 7. The molecule has 1 fully saturated rings. The van der Waals surface area contributed by atoms with Crippen LogP contribution in [0.3, 0.4) is 0 Å². The second kappa shape index (κ2) is 8.00. The zero-order valence-corrected chi connectivity index (χ0v) is 13.1. The summed E-state index contributed by atoms with van der Waals surface area (Å²) >= 11 is 0. The van der Waals surface area contributed by atoms with Gasteiger partial charge in [0.15, 0.2) is 0 Å². The van der Waals surface area contributed by atoms with Crippen LogP contribution in [0.15, 0.2) is 0 Å². The minimum absolute atomic E-state index is 0.00914. The van der Waals surface area contributed by atoms with E-state index in [1.165, 1.54) is 0 Å². The highest BCUT2D eigenvalue weighted by Crippen LogP contribution is 2.36. The number of carboxylic acid groups (broad SMARTS) is 1. The molecule has 0 aromatic carbocycles. The summed E-state index contributed by atoms with van der Waals surface area (Å²) in [6, 6.07) is 0. The molecule has 1 aliphatic rings. The minimum Gasteiger partial charge on any atom is -0.481 e. The fourth-order valence-corrected chi connectivity index (χ4v) is 3.01. The van der Waals surface area contributed by atoms with Crippen LogP contribution in [-0.4, -0.2) is 47.4 Å². The number of aliphatic carboxylic acids is 1. The average molecular weight is 298 g/mol. The molecule has 0 aliphatic heterocycles. The van der Waals surface area contributed by atoms with Crippen LogP contribution in [0.5, 0.6) is 0 Å². The van der Waals surface area contributed by atoms with Crippen LogP contribution in [0, 0.1) is 17.8 Å². The van der Waals surface area contributed by atoms with E-state index in [4.69, 9.17) is 5.11 Å². The van der Waals surface area contributed by atoms with Crippen molar-refractivity contribution in [2.75, 3.05) is 19.6 Å². The monoisotopic (exact) mass is 298 g/mol. The molecule has 1 saturated carbocycles. The second-order valence-electron chi connectivity index (χ2n) is 5.73. The number of carboxylic acids is 1. The number of carbonyl (C=O) groups excluding carboxylic acids is 2. The van der Waals surface area contributed by atoms with Crippen LogP contribution < -0.4 is 5.32 Å². The molecule has 2 amide bonds. The van der Waals surface area contributed by atoms with E-state index in [0.29, 0.717) is 25.9 Å². The Morgan fingerprint density at radius 1 is 1.14 bits per heavy atom. The molecular formula is C15H26N2O4. The summed E-state index contributed by atoms with van der Waals surface area (Å²) in [6.07, 6.45) is 1.41. The first-order valence-electron chi connectivity index (χ1n) is 7.68. The summed E-state index contributed by atoms with van der Waals surface area (Å²) in [5.74, 6) is -1.95. The van der Waals surface area contributed by atoms with Gasteiger partial charge < -0.3 is 15.3 Å². The maximum absolute atomic E-state index is 12.1. The quantitative estimate of drug-likeness (QED) is 0.737. The smallest absolute Gasteiger partial charge is 0.307 e. The van der Waals surface area contributed by atoms with Crippen LogP contribution in [0.2, 0.25) is 0 Å². The Labute approximate surface area is 125 Å². The summed E-state index contributed by atoms with van der Waals surface area (Å²) in [5.41, 5.74) is 0. The highest BCUT2D eigenvalue weighted by molar-refractivity contribution is 5.85.